The van der Waals surface area contributed by atoms with E-state index in [-0.39, 0.29) is 18.0 Å². The van der Waals surface area contributed by atoms with Gasteiger partial charge in [0.05, 0.1) is 6.61 Å². The van der Waals surface area contributed by atoms with Crippen LogP contribution in [0.25, 0.3) is 0 Å². The smallest absolute Gasteiger partial charge is 0.279 e. The van der Waals surface area contributed by atoms with Gasteiger partial charge in [0.15, 0.2) is 22.7 Å². The van der Waals surface area contributed by atoms with E-state index < -0.39 is 77.4 Å². The van der Waals surface area contributed by atoms with Gasteiger partial charge in [-0.25, -0.2) is 8.78 Å². The lowest BCUT2D eigenvalue weighted by Gasteiger charge is -2.39. The Morgan fingerprint density at radius 3 is 2.41 bits per heavy atom. The van der Waals surface area contributed by atoms with Crippen LogP contribution in [0.4, 0.5) is 14.5 Å². The monoisotopic (exact) mass is 545 g/mol. The van der Waals surface area contributed by atoms with Gasteiger partial charge in [0.25, 0.3) is 5.91 Å². The van der Waals surface area contributed by atoms with Crippen LogP contribution in [0.1, 0.15) is 37.6 Å². The first-order valence-electron chi connectivity index (χ1n) is 11.2. The number of rotatable bonds is 7. The zero-order chi connectivity index (χ0) is 27.5. The van der Waals surface area contributed by atoms with Gasteiger partial charge in [-0.15, -0.1) is 11.3 Å². The van der Waals surface area contributed by atoms with Crippen LogP contribution < -0.4 is 10.1 Å². The summed E-state index contributed by atoms with van der Waals surface area (Å²) in [5, 5.41) is 42.8. The molecule has 0 spiro atoms. The van der Waals surface area contributed by atoms with Crippen LogP contribution in [0, 0.1) is 17.0 Å². The van der Waals surface area contributed by atoms with Crippen LogP contribution in [-0.2, 0) is 21.0 Å². The summed E-state index contributed by atoms with van der Waals surface area (Å²) >= 11 is 1.01. The van der Waals surface area contributed by atoms with E-state index in [4.69, 9.17) is 9.47 Å². The third-order valence-electron chi connectivity index (χ3n) is 5.33. The number of hydrogen-bond donors (Lipinski definition) is 5. The van der Waals surface area contributed by atoms with Gasteiger partial charge >= 0.3 is 0 Å². The number of aromatic nitrogens is 1. The molecule has 11 nitrogen and oxygen atoms in total. The van der Waals surface area contributed by atoms with E-state index >= 15 is 0 Å². The molecule has 1 aliphatic heterocycles. The average Bonchev–Trinajstić information content (AvgIpc) is 3.25. The highest BCUT2D eigenvalue weighted by atomic mass is 32.1. The van der Waals surface area contributed by atoms with Crippen molar-refractivity contribution in [3.63, 3.8) is 0 Å². The summed E-state index contributed by atoms with van der Waals surface area (Å²) in [5.74, 6) is -3.81. The van der Waals surface area contributed by atoms with Crippen molar-refractivity contribution < 1.29 is 48.3 Å². The molecule has 5 atom stereocenters. The van der Waals surface area contributed by atoms with E-state index in [9.17, 15) is 38.8 Å². The van der Waals surface area contributed by atoms with E-state index in [2.05, 4.69) is 10.3 Å². The number of aliphatic hydroxyl groups excluding tert-OH is 4. The number of benzene rings is 1. The quantitative estimate of drug-likeness (QED) is 0.340. The van der Waals surface area contributed by atoms with Crippen molar-refractivity contribution in [3.05, 3.63) is 45.7 Å². The highest BCUT2D eigenvalue weighted by molar-refractivity contribution is 7.07. The molecular weight excluding hydrogens is 516 g/mol. The van der Waals surface area contributed by atoms with Gasteiger partial charge in [-0.3, -0.25) is 14.2 Å². The number of carbonyl (C=O) groups is 2. The largest absolute Gasteiger partial charge is 0.394 e. The average molecular weight is 546 g/mol. The minimum absolute atomic E-state index is 0.0332. The Bertz CT molecular complexity index is 1170. The summed E-state index contributed by atoms with van der Waals surface area (Å²) in [6.07, 6.45) is -5.84. The van der Waals surface area contributed by atoms with E-state index in [1.54, 1.807) is 26.2 Å². The van der Waals surface area contributed by atoms with Gasteiger partial charge in [-0.2, -0.15) is 4.99 Å². The van der Waals surface area contributed by atoms with E-state index in [1.807, 2.05) is 0 Å². The highest BCUT2D eigenvalue weighted by Gasteiger charge is 2.44. The summed E-state index contributed by atoms with van der Waals surface area (Å²) in [6.45, 7) is 4.45. The maximum absolute atomic E-state index is 14.5. The van der Waals surface area contributed by atoms with Gasteiger partial charge in [0, 0.05) is 23.6 Å². The molecule has 1 aromatic carbocycles. The van der Waals surface area contributed by atoms with Crippen LogP contribution >= 0.6 is 11.3 Å². The molecule has 0 radical (unpaired) electrons. The number of carbonyl (C=O) groups excluding carboxylic acids is 2. The molecule has 204 valence electrons. The lowest BCUT2D eigenvalue weighted by molar-refractivity contribution is -0.308. The molecule has 2 heterocycles. The predicted octanol–water partition coefficient (Wildman–Crippen LogP) is 0.718. The van der Waals surface area contributed by atoms with Crippen LogP contribution in [0.5, 0.6) is 0 Å². The topological polar surface area (TPSA) is 163 Å². The lowest BCUT2D eigenvalue weighted by atomic mass is 9.92. The van der Waals surface area contributed by atoms with Crippen LogP contribution in [-0.4, -0.2) is 74.1 Å². The van der Waals surface area contributed by atoms with Gasteiger partial charge in [0.1, 0.15) is 36.8 Å². The zero-order valence-corrected chi connectivity index (χ0v) is 21.1. The number of anilines is 1. The molecule has 0 saturated carbocycles. The Labute approximate surface area is 214 Å². The SMILES string of the molecule is CC(C)(C)CC(=O)Nc1c(F)cc(C(=O)N=c2sccn2CO[C@@H]2O[C@H](CO)[C@@H](O)[C@H](O)[C@H]2O)cc1F. The second kappa shape index (κ2) is 11.9. The van der Waals surface area contributed by atoms with Crippen LogP contribution in [0.15, 0.2) is 28.7 Å². The van der Waals surface area contributed by atoms with E-state index in [1.165, 1.54) is 10.8 Å². The number of ether oxygens (including phenoxy) is 2. The Morgan fingerprint density at radius 1 is 1.16 bits per heavy atom. The third-order valence-corrected chi connectivity index (χ3v) is 6.12. The van der Waals surface area contributed by atoms with Gasteiger partial charge in [-0.1, -0.05) is 20.8 Å². The summed E-state index contributed by atoms with van der Waals surface area (Å²) in [6, 6.07) is 1.54. The molecule has 0 aliphatic carbocycles. The van der Waals surface area contributed by atoms with E-state index in [0.29, 0.717) is 0 Å². The summed E-state index contributed by atoms with van der Waals surface area (Å²) in [4.78, 5) is 28.6. The number of nitrogens with one attached hydrogen (secondary N) is 1. The molecule has 37 heavy (non-hydrogen) atoms. The normalized spacial score (nSPS) is 24.8. The molecule has 0 bridgehead atoms. The molecule has 0 unspecified atom stereocenters. The van der Waals surface area contributed by atoms with Crippen molar-refractivity contribution in [2.24, 2.45) is 10.4 Å². The third kappa shape index (κ3) is 7.25. The highest BCUT2D eigenvalue weighted by Crippen LogP contribution is 2.25. The molecule has 1 fully saturated rings. The Balaban J connectivity index is 1.73. The van der Waals surface area contributed by atoms with Gasteiger partial charge < -0.3 is 35.2 Å². The summed E-state index contributed by atoms with van der Waals surface area (Å²) in [5.41, 5.74) is -1.45. The number of hydrogen-bond acceptors (Lipinski definition) is 9. The molecule has 2 aromatic rings. The van der Waals surface area contributed by atoms with Gasteiger partial charge in [0.2, 0.25) is 5.91 Å². The number of halogens is 2. The molecule has 5 N–H and O–H groups in total. The maximum atomic E-state index is 14.5. The molecule has 14 heteroatoms. The number of aliphatic hydroxyl groups is 4. The Morgan fingerprint density at radius 2 is 1.81 bits per heavy atom. The first-order chi connectivity index (χ1) is 17.3. The molecule has 3 rings (SSSR count). The fraction of sp³-hybridized carbons (Fsp3) is 0.522. The molecule has 2 amide bonds. The number of thiazole rings is 1. The van der Waals surface area contributed by atoms with Crippen molar-refractivity contribution in [1.29, 1.82) is 0 Å². The van der Waals surface area contributed by atoms with E-state index in [0.717, 1.165) is 23.5 Å². The summed E-state index contributed by atoms with van der Waals surface area (Å²) < 4.78 is 41.1. The number of nitrogens with zero attached hydrogens (tertiary/aromatic N) is 2. The van der Waals surface area contributed by atoms with Crippen LogP contribution in [0.2, 0.25) is 0 Å². The Hall–Kier alpha value is -2.59. The van der Waals surface area contributed by atoms with Crippen molar-refractivity contribution >= 4 is 28.8 Å². The Kier molecular flexibility index (Phi) is 9.28. The molecular formula is C23H29F2N3O8S. The number of amides is 2. The fourth-order valence-corrected chi connectivity index (χ4v) is 4.19. The minimum Gasteiger partial charge on any atom is -0.394 e. The molecule has 1 aromatic heterocycles. The van der Waals surface area contributed by atoms with Crippen molar-refractivity contribution in [3.8, 4) is 0 Å². The maximum Gasteiger partial charge on any atom is 0.279 e. The van der Waals surface area contributed by atoms with Crippen molar-refractivity contribution in [2.45, 2.75) is 64.6 Å². The van der Waals surface area contributed by atoms with Crippen LogP contribution in [0.3, 0.4) is 0 Å². The lowest BCUT2D eigenvalue weighted by Crippen LogP contribution is -2.59. The first kappa shape index (κ1) is 29.0. The molecule has 1 aliphatic rings. The summed E-state index contributed by atoms with van der Waals surface area (Å²) in [7, 11) is 0. The first-order valence-corrected chi connectivity index (χ1v) is 12.1. The standard InChI is InChI=1S/C23H29F2N3O8S/c1-23(2,3)8-15(30)26-16-12(24)6-11(7-13(16)25)20(34)27-22-28(4-5-37-22)10-35-21-19(33)18(32)17(31)14(9-29)36-21/h4-7,14,17-19,21,29,31-33H,8-10H2,1-3H3,(H,26,30)/t14-,17-,18+,19-,21-/m1/s1. The predicted molar refractivity (Wildman–Crippen MR) is 126 cm³/mol. The van der Waals surface area contributed by atoms with Crippen molar-refractivity contribution in [2.75, 3.05) is 11.9 Å². The second-order valence-corrected chi connectivity index (χ2v) is 10.5. The fourth-order valence-electron chi connectivity index (χ4n) is 3.48. The van der Waals surface area contributed by atoms with Crippen molar-refractivity contribution in [1.82, 2.24) is 4.57 Å². The zero-order valence-electron chi connectivity index (χ0n) is 20.3. The second-order valence-electron chi connectivity index (χ2n) is 9.67. The van der Waals surface area contributed by atoms with Gasteiger partial charge in [-0.05, 0) is 17.5 Å². The molecule has 1 saturated heterocycles. The minimum atomic E-state index is -1.62.